The predicted molar refractivity (Wildman–Crippen MR) is 134 cm³/mol. The smallest absolute Gasteiger partial charge is 0.165 e. The third kappa shape index (κ3) is 5.64. The van der Waals surface area contributed by atoms with Crippen molar-refractivity contribution in [1.82, 2.24) is 0 Å². The highest BCUT2D eigenvalue weighted by Gasteiger charge is 2.41. The third-order valence-corrected chi connectivity index (χ3v) is 7.95. The van der Waals surface area contributed by atoms with Gasteiger partial charge in [-0.1, -0.05) is 12.2 Å². The zero-order valence-electron chi connectivity index (χ0n) is 22.2. The van der Waals surface area contributed by atoms with E-state index >= 15 is 0 Å². The van der Waals surface area contributed by atoms with Gasteiger partial charge in [0.15, 0.2) is 11.6 Å². The largest absolute Gasteiger partial charge is 0.378 e. The maximum absolute atomic E-state index is 11.5. The van der Waals surface area contributed by atoms with Gasteiger partial charge < -0.3 is 29.2 Å². The maximum Gasteiger partial charge on any atom is 0.165 e. The quantitative estimate of drug-likeness (QED) is 0.568. The summed E-state index contributed by atoms with van der Waals surface area (Å²) in [5, 5.41) is 20.6. The summed E-state index contributed by atoms with van der Waals surface area (Å²) in [6, 6.07) is 0. The van der Waals surface area contributed by atoms with E-state index in [2.05, 4.69) is 0 Å². The Bertz CT molecular complexity index is 898. The fraction of sp³-hybridized carbons (Fsp3) is 0.643. The van der Waals surface area contributed by atoms with E-state index in [4.69, 9.17) is 18.9 Å². The van der Waals surface area contributed by atoms with E-state index in [0.717, 1.165) is 48.0 Å². The first-order valence-corrected chi connectivity index (χ1v) is 12.5. The van der Waals surface area contributed by atoms with Gasteiger partial charge in [0.1, 0.15) is 11.2 Å². The van der Waals surface area contributed by atoms with Gasteiger partial charge in [0.25, 0.3) is 0 Å². The summed E-state index contributed by atoms with van der Waals surface area (Å²) in [5.41, 5.74) is 1.34. The first-order valence-electron chi connectivity index (χ1n) is 12.5. The monoisotopic (exact) mass is 504 g/mol. The Balaban J connectivity index is 0.000000201. The lowest BCUT2D eigenvalue weighted by Crippen LogP contribution is -2.41. The van der Waals surface area contributed by atoms with Gasteiger partial charge in [-0.2, -0.15) is 0 Å². The summed E-state index contributed by atoms with van der Waals surface area (Å²) in [4.78, 5) is 23.1. The standard InChI is InChI=1S/2C14H20O4/c2*1-9(15)14(16)7-6-10-11(8-14)13(18-3)5-4-12(10)17-2/h2*6-7,12-13,16H,4-5,8H2,1-3H3. The Kier molecular flexibility index (Phi) is 9.25. The number of ketones is 2. The summed E-state index contributed by atoms with van der Waals surface area (Å²) < 4.78 is 21.8. The molecule has 0 fully saturated rings. The lowest BCUT2D eigenvalue weighted by molar-refractivity contribution is -0.131. The summed E-state index contributed by atoms with van der Waals surface area (Å²) in [5.74, 6) is -0.473. The Morgan fingerprint density at radius 2 is 0.972 bits per heavy atom. The van der Waals surface area contributed by atoms with Crippen LogP contribution in [0.2, 0.25) is 0 Å². The molecule has 4 aliphatic rings. The molecule has 0 bridgehead atoms. The van der Waals surface area contributed by atoms with Crippen molar-refractivity contribution < 1.29 is 38.7 Å². The molecule has 0 amide bonds. The molecule has 0 heterocycles. The second kappa shape index (κ2) is 11.6. The van der Waals surface area contributed by atoms with Crippen molar-refractivity contribution in [3.8, 4) is 0 Å². The van der Waals surface area contributed by atoms with Gasteiger partial charge in [-0.15, -0.1) is 0 Å². The molecule has 200 valence electrons. The molecule has 0 spiro atoms. The SMILES string of the molecule is COC1CCC(OC)C2=C1C=CC(O)(C(C)=O)C2.COC1CCC(OC)C2=C1C=CC(O)(C(C)=O)C2. The first kappa shape index (κ1) is 28.6. The Hall–Kier alpha value is -1.94. The van der Waals surface area contributed by atoms with E-state index in [1.165, 1.54) is 13.8 Å². The molecule has 6 unspecified atom stereocenters. The summed E-state index contributed by atoms with van der Waals surface area (Å²) >= 11 is 0. The average Bonchev–Trinajstić information content (AvgIpc) is 2.87. The number of aliphatic hydroxyl groups is 2. The van der Waals surface area contributed by atoms with Crippen molar-refractivity contribution in [2.24, 2.45) is 0 Å². The minimum Gasteiger partial charge on any atom is -0.378 e. The molecule has 0 saturated carbocycles. The third-order valence-electron chi connectivity index (χ3n) is 7.95. The van der Waals surface area contributed by atoms with E-state index in [-0.39, 0.29) is 36.0 Å². The molecule has 6 atom stereocenters. The molecular formula is C28H40O8. The zero-order chi connectivity index (χ0) is 26.7. The highest BCUT2D eigenvalue weighted by atomic mass is 16.5. The van der Waals surface area contributed by atoms with Crippen LogP contribution in [-0.2, 0) is 28.5 Å². The molecule has 4 rings (SSSR count). The summed E-state index contributed by atoms with van der Waals surface area (Å²) in [6.45, 7) is 2.82. The van der Waals surface area contributed by atoms with Gasteiger partial charge in [0.05, 0.1) is 24.4 Å². The fourth-order valence-corrected chi connectivity index (χ4v) is 5.56. The van der Waals surface area contributed by atoms with Gasteiger partial charge in [-0.25, -0.2) is 0 Å². The second-order valence-electron chi connectivity index (χ2n) is 9.99. The minimum absolute atomic E-state index is 0.0257. The molecule has 8 nitrogen and oxygen atoms in total. The molecule has 0 aromatic rings. The summed E-state index contributed by atoms with van der Waals surface area (Å²) in [6.07, 6.45) is 11.0. The van der Waals surface area contributed by atoms with E-state index in [1.54, 1.807) is 40.6 Å². The highest BCUT2D eigenvalue weighted by Crippen LogP contribution is 2.40. The van der Waals surface area contributed by atoms with Gasteiger partial charge >= 0.3 is 0 Å². The lowest BCUT2D eigenvalue weighted by atomic mass is 9.75. The van der Waals surface area contributed by atoms with Crippen LogP contribution in [0, 0.1) is 0 Å². The van der Waals surface area contributed by atoms with Crippen LogP contribution in [0.4, 0.5) is 0 Å². The molecule has 8 heteroatoms. The molecule has 0 aromatic heterocycles. The Labute approximate surface area is 213 Å². The highest BCUT2D eigenvalue weighted by molar-refractivity contribution is 5.88. The van der Waals surface area contributed by atoms with Crippen LogP contribution in [0.25, 0.3) is 0 Å². The molecule has 0 aromatic carbocycles. The summed E-state index contributed by atoms with van der Waals surface area (Å²) in [7, 11) is 6.69. The van der Waals surface area contributed by atoms with Gasteiger partial charge in [0, 0.05) is 41.3 Å². The van der Waals surface area contributed by atoms with Gasteiger partial charge in [0.2, 0.25) is 0 Å². The normalized spacial score (nSPS) is 35.6. The number of rotatable bonds is 6. The van der Waals surface area contributed by atoms with Crippen molar-refractivity contribution in [2.75, 3.05) is 28.4 Å². The average molecular weight is 505 g/mol. The predicted octanol–water partition coefficient (Wildman–Crippen LogP) is 2.77. The Morgan fingerprint density at radius 1 is 0.667 bits per heavy atom. The number of hydrogen-bond acceptors (Lipinski definition) is 8. The van der Waals surface area contributed by atoms with Crippen LogP contribution in [-0.4, -0.2) is 85.8 Å². The van der Waals surface area contributed by atoms with Gasteiger partial charge in [-0.3, -0.25) is 9.59 Å². The van der Waals surface area contributed by atoms with E-state index in [1.807, 2.05) is 12.2 Å². The molecule has 0 saturated heterocycles. The maximum atomic E-state index is 11.5. The van der Waals surface area contributed by atoms with Crippen LogP contribution in [0.1, 0.15) is 52.4 Å². The van der Waals surface area contributed by atoms with E-state index in [9.17, 15) is 19.8 Å². The van der Waals surface area contributed by atoms with Crippen molar-refractivity contribution in [2.45, 2.75) is 88.0 Å². The lowest BCUT2D eigenvalue weighted by Gasteiger charge is -2.37. The van der Waals surface area contributed by atoms with Crippen molar-refractivity contribution in [3.63, 3.8) is 0 Å². The zero-order valence-corrected chi connectivity index (χ0v) is 22.2. The van der Waals surface area contributed by atoms with Crippen molar-refractivity contribution >= 4 is 11.6 Å². The number of ether oxygens (including phenoxy) is 4. The van der Waals surface area contributed by atoms with Gasteiger partial charge in [-0.05, 0) is 74.0 Å². The number of hydrogen-bond donors (Lipinski definition) is 2. The van der Waals surface area contributed by atoms with Crippen molar-refractivity contribution in [3.05, 3.63) is 46.6 Å². The van der Waals surface area contributed by atoms with E-state index < -0.39 is 11.2 Å². The molecular weight excluding hydrogens is 464 g/mol. The van der Waals surface area contributed by atoms with Crippen molar-refractivity contribution in [1.29, 1.82) is 0 Å². The Morgan fingerprint density at radius 3 is 1.25 bits per heavy atom. The van der Waals surface area contributed by atoms with E-state index in [0.29, 0.717) is 12.8 Å². The number of carbonyl (C=O) groups is 2. The number of carbonyl (C=O) groups excluding carboxylic acids is 2. The molecule has 4 aliphatic carbocycles. The minimum atomic E-state index is -1.38. The van der Waals surface area contributed by atoms with Crippen LogP contribution in [0.5, 0.6) is 0 Å². The fourth-order valence-electron chi connectivity index (χ4n) is 5.56. The molecule has 0 radical (unpaired) electrons. The second-order valence-corrected chi connectivity index (χ2v) is 9.99. The number of methoxy groups -OCH3 is 4. The topological polar surface area (TPSA) is 112 Å². The molecule has 0 aliphatic heterocycles. The van der Waals surface area contributed by atoms with Crippen LogP contribution in [0.15, 0.2) is 46.6 Å². The number of Topliss-reactive ketones (excluding diaryl/α,β-unsaturated/α-hetero) is 2. The van der Waals surface area contributed by atoms with Crippen LogP contribution < -0.4 is 0 Å². The molecule has 2 N–H and O–H groups in total. The first-order chi connectivity index (χ1) is 17.0. The van der Waals surface area contributed by atoms with Crippen LogP contribution in [0.3, 0.4) is 0 Å². The van der Waals surface area contributed by atoms with Crippen LogP contribution >= 0.6 is 0 Å². The molecule has 36 heavy (non-hydrogen) atoms.